The second-order valence-corrected chi connectivity index (χ2v) is 8.93. The van der Waals surface area contributed by atoms with Crippen LogP contribution in [0.3, 0.4) is 0 Å². The number of hydrogen-bond donors (Lipinski definition) is 1. The Labute approximate surface area is 152 Å². The lowest BCUT2D eigenvalue weighted by molar-refractivity contribution is -0.117. The predicted molar refractivity (Wildman–Crippen MR) is 96.0 cm³/mol. The van der Waals surface area contributed by atoms with Gasteiger partial charge in [0, 0.05) is 32.0 Å². The number of carbonyl (C=O) groups is 1. The number of aromatic nitrogens is 3. The minimum Gasteiger partial charge on any atom is -0.379 e. The Morgan fingerprint density at radius 1 is 1.28 bits per heavy atom. The number of nitrogens with zero attached hydrogens (tertiary/aromatic N) is 4. The van der Waals surface area contributed by atoms with Gasteiger partial charge in [-0.1, -0.05) is 20.8 Å². The van der Waals surface area contributed by atoms with Gasteiger partial charge < -0.3 is 4.74 Å². The van der Waals surface area contributed by atoms with Gasteiger partial charge in [-0.2, -0.15) is 0 Å². The van der Waals surface area contributed by atoms with Crippen molar-refractivity contribution in [3.05, 3.63) is 16.4 Å². The zero-order valence-electron chi connectivity index (χ0n) is 15.0. The van der Waals surface area contributed by atoms with Crippen LogP contribution in [0.2, 0.25) is 0 Å². The molecule has 0 bridgehead atoms. The molecular weight excluding hydrogens is 338 g/mol. The van der Waals surface area contributed by atoms with Crippen LogP contribution in [0.25, 0.3) is 0 Å². The van der Waals surface area contributed by atoms with Crippen molar-refractivity contribution in [1.82, 2.24) is 19.8 Å². The second kappa shape index (κ2) is 6.41. The largest absolute Gasteiger partial charge is 0.379 e. The number of allylic oxidation sites excluding steroid dienone is 2. The molecule has 7 nitrogen and oxygen atoms in total. The first-order valence-electron chi connectivity index (χ1n) is 8.89. The van der Waals surface area contributed by atoms with E-state index in [0.717, 1.165) is 60.9 Å². The highest BCUT2D eigenvalue weighted by atomic mass is 32.2. The molecule has 8 heteroatoms. The summed E-state index contributed by atoms with van der Waals surface area (Å²) < 4.78 is 7.40. The number of nitrogens with one attached hydrogen (secondary N) is 1. The Hall–Kier alpha value is -1.38. The minimum absolute atomic E-state index is 0.00539. The average molecular weight is 363 g/mol. The quantitative estimate of drug-likeness (QED) is 0.880. The molecule has 2 aliphatic heterocycles. The number of morpholine rings is 1. The molecule has 1 saturated heterocycles. The fourth-order valence-corrected chi connectivity index (χ4v) is 4.69. The zero-order chi connectivity index (χ0) is 17.6. The Kier molecular flexibility index (Phi) is 4.37. The van der Waals surface area contributed by atoms with E-state index in [-0.39, 0.29) is 17.1 Å². The van der Waals surface area contributed by atoms with Gasteiger partial charge in [0.05, 0.1) is 23.8 Å². The van der Waals surface area contributed by atoms with Crippen molar-refractivity contribution in [1.29, 1.82) is 0 Å². The molecule has 0 aromatic carbocycles. The number of thioether (sulfide) groups is 1. The van der Waals surface area contributed by atoms with Crippen LogP contribution in [0.5, 0.6) is 0 Å². The summed E-state index contributed by atoms with van der Waals surface area (Å²) in [6.45, 7) is 10.9. The van der Waals surface area contributed by atoms with Crippen molar-refractivity contribution in [2.45, 2.75) is 44.7 Å². The van der Waals surface area contributed by atoms with Gasteiger partial charge in [0.15, 0.2) is 11.6 Å². The fourth-order valence-electron chi connectivity index (χ4n) is 3.76. The lowest BCUT2D eigenvalue weighted by atomic mass is 9.79. The molecule has 25 heavy (non-hydrogen) atoms. The van der Waals surface area contributed by atoms with Crippen molar-refractivity contribution in [2.75, 3.05) is 38.3 Å². The first kappa shape index (κ1) is 17.1. The number of carbonyl (C=O) groups excluding carboxylic acids is 1. The zero-order valence-corrected chi connectivity index (χ0v) is 15.9. The van der Waals surface area contributed by atoms with Crippen LogP contribution >= 0.6 is 11.8 Å². The van der Waals surface area contributed by atoms with Gasteiger partial charge >= 0.3 is 0 Å². The van der Waals surface area contributed by atoms with Gasteiger partial charge in [-0.05, 0) is 23.6 Å². The average Bonchev–Trinajstić information content (AvgIpc) is 2.96. The Morgan fingerprint density at radius 2 is 2.04 bits per heavy atom. The number of hydrogen-bond acceptors (Lipinski definition) is 7. The van der Waals surface area contributed by atoms with E-state index in [2.05, 4.69) is 41.3 Å². The summed E-state index contributed by atoms with van der Waals surface area (Å²) in [4.78, 5) is 15.7. The summed E-state index contributed by atoms with van der Waals surface area (Å²) in [5, 5.41) is 9.49. The summed E-state index contributed by atoms with van der Waals surface area (Å²) in [7, 11) is 0. The SMILES string of the molecule is CC(CN1CCOCC1)c1nnc2n1NC1=C(S2)C(=O)CC(C)(C)C1. The van der Waals surface area contributed by atoms with Gasteiger partial charge in [-0.25, -0.2) is 4.68 Å². The van der Waals surface area contributed by atoms with Crippen LogP contribution in [0, 0.1) is 5.41 Å². The molecule has 1 fully saturated rings. The molecular formula is C17H25N5O2S. The van der Waals surface area contributed by atoms with Gasteiger partial charge in [0.25, 0.3) is 0 Å². The Bertz CT molecular complexity index is 721. The Morgan fingerprint density at radius 3 is 2.80 bits per heavy atom. The van der Waals surface area contributed by atoms with Crippen LogP contribution < -0.4 is 5.43 Å². The normalized spacial score (nSPS) is 24.5. The molecule has 1 N–H and O–H groups in total. The standard InChI is InChI=1S/C17H25N5O2S/c1-11(10-21-4-6-24-7-5-21)15-18-19-16-22(15)20-12-8-17(2,3)9-13(23)14(12)25-16/h11,20H,4-10H2,1-3H3. The molecule has 0 spiro atoms. The lowest BCUT2D eigenvalue weighted by Gasteiger charge is -2.35. The molecule has 4 rings (SSSR count). The molecule has 1 atom stereocenters. The van der Waals surface area contributed by atoms with E-state index < -0.39 is 0 Å². The van der Waals surface area contributed by atoms with Crippen molar-refractivity contribution >= 4 is 17.5 Å². The van der Waals surface area contributed by atoms with E-state index in [9.17, 15) is 4.79 Å². The number of Topliss-reactive ketones (excluding diaryl/α,β-unsaturated/α-hetero) is 1. The number of rotatable bonds is 3. The van der Waals surface area contributed by atoms with E-state index in [1.165, 1.54) is 11.8 Å². The van der Waals surface area contributed by atoms with Crippen LogP contribution in [0.1, 0.15) is 45.4 Å². The molecule has 1 unspecified atom stereocenters. The monoisotopic (exact) mass is 363 g/mol. The number of ketones is 1. The van der Waals surface area contributed by atoms with Crippen molar-refractivity contribution in [2.24, 2.45) is 5.41 Å². The molecule has 0 radical (unpaired) electrons. The molecule has 3 aliphatic rings. The lowest BCUT2D eigenvalue weighted by Crippen LogP contribution is -2.39. The van der Waals surface area contributed by atoms with Crippen molar-refractivity contribution in [3.63, 3.8) is 0 Å². The maximum absolute atomic E-state index is 12.5. The van der Waals surface area contributed by atoms with E-state index in [1.807, 2.05) is 4.68 Å². The van der Waals surface area contributed by atoms with Crippen LogP contribution in [-0.2, 0) is 9.53 Å². The third kappa shape index (κ3) is 3.35. The fraction of sp³-hybridized carbons (Fsp3) is 0.706. The summed E-state index contributed by atoms with van der Waals surface area (Å²) in [5.41, 5.74) is 4.45. The predicted octanol–water partition coefficient (Wildman–Crippen LogP) is 1.96. The molecule has 1 aromatic heterocycles. The van der Waals surface area contributed by atoms with Crippen molar-refractivity contribution < 1.29 is 9.53 Å². The van der Waals surface area contributed by atoms with Crippen molar-refractivity contribution in [3.8, 4) is 0 Å². The first-order valence-corrected chi connectivity index (χ1v) is 9.71. The number of ether oxygens (including phenoxy) is 1. The van der Waals surface area contributed by atoms with Gasteiger partial charge in [0.1, 0.15) is 0 Å². The van der Waals surface area contributed by atoms with E-state index in [1.54, 1.807) is 0 Å². The maximum Gasteiger partial charge on any atom is 0.215 e. The molecule has 0 amide bonds. The smallest absolute Gasteiger partial charge is 0.215 e. The van der Waals surface area contributed by atoms with E-state index in [0.29, 0.717) is 6.42 Å². The molecule has 136 valence electrons. The van der Waals surface area contributed by atoms with Crippen LogP contribution in [-0.4, -0.2) is 58.4 Å². The summed E-state index contributed by atoms with van der Waals surface area (Å²) >= 11 is 1.46. The topological polar surface area (TPSA) is 72.3 Å². The van der Waals surface area contributed by atoms with Gasteiger partial charge in [-0.15, -0.1) is 10.2 Å². The third-order valence-electron chi connectivity index (χ3n) is 5.00. The number of fused-ring (bicyclic) bond motifs is 1. The highest BCUT2D eigenvalue weighted by Gasteiger charge is 2.37. The van der Waals surface area contributed by atoms with Crippen LogP contribution in [0.15, 0.2) is 15.8 Å². The van der Waals surface area contributed by atoms with E-state index >= 15 is 0 Å². The molecule has 0 saturated carbocycles. The molecule has 3 heterocycles. The maximum atomic E-state index is 12.5. The highest BCUT2D eigenvalue weighted by molar-refractivity contribution is 8.04. The van der Waals surface area contributed by atoms with Gasteiger partial charge in [0.2, 0.25) is 5.16 Å². The minimum atomic E-state index is -0.00539. The molecule has 1 aromatic rings. The highest BCUT2D eigenvalue weighted by Crippen LogP contribution is 2.44. The third-order valence-corrected chi connectivity index (χ3v) is 6.12. The van der Waals surface area contributed by atoms with Crippen LogP contribution in [0.4, 0.5) is 0 Å². The summed E-state index contributed by atoms with van der Waals surface area (Å²) in [5.74, 6) is 1.39. The summed E-state index contributed by atoms with van der Waals surface area (Å²) in [6, 6.07) is 0. The summed E-state index contributed by atoms with van der Waals surface area (Å²) in [6.07, 6.45) is 1.46. The van der Waals surface area contributed by atoms with E-state index in [4.69, 9.17) is 4.74 Å². The molecule has 1 aliphatic carbocycles. The second-order valence-electron chi connectivity index (χ2n) is 7.95. The van der Waals surface area contributed by atoms with Gasteiger partial charge in [-0.3, -0.25) is 15.1 Å². The Balaban J connectivity index is 1.54. The first-order chi connectivity index (χ1) is 11.9.